The van der Waals surface area contributed by atoms with Gasteiger partial charge in [-0.3, -0.25) is 9.63 Å². The molecule has 0 saturated carbocycles. The highest BCUT2D eigenvalue weighted by Gasteiger charge is 2.12. The summed E-state index contributed by atoms with van der Waals surface area (Å²) in [5.41, 5.74) is 1.97. The summed E-state index contributed by atoms with van der Waals surface area (Å²) in [4.78, 5) is 16.5. The number of ether oxygens (including phenoxy) is 1. The number of amides is 1. The predicted molar refractivity (Wildman–Crippen MR) is 61.2 cm³/mol. The van der Waals surface area contributed by atoms with Crippen LogP contribution in [0.1, 0.15) is 11.1 Å². The van der Waals surface area contributed by atoms with Crippen molar-refractivity contribution < 1.29 is 14.4 Å². The van der Waals surface area contributed by atoms with E-state index >= 15 is 0 Å². The fraction of sp³-hybridized carbons (Fsp3) is 0.417. The summed E-state index contributed by atoms with van der Waals surface area (Å²) in [6, 6.07) is 5.76. The topological polar surface area (TPSA) is 38.8 Å². The minimum atomic E-state index is -0.105. The summed E-state index contributed by atoms with van der Waals surface area (Å²) in [7, 11) is 4.65. The van der Waals surface area contributed by atoms with Crippen molar-refractivity contribution >= 4 is 5.91 Å². The van der Waals surface area contributed by atoms with Crippen molar-refractivity contribution in [2.45, 2.75) is 13.3 Å². The Balaban J connectivity index is 2.87. The molecule has 0 atom stereocenters. The van der Waals surface area contributed by atoms with Gasteiger partial charge in [0.25, 0.3) is 0 Å². The standard InChI is InChI=1S/C12H17NO3/c1-9-5-6-11(15-3)10(7-9)8-12(14)13(2)16-4/h5-7H,8H2,1-4H3. The molecule has 0 saturated heterocycles. The second kappa shape index (κ2) is 5.51. The van der Waals surface area contributed by atoms with Crippen LogP contribution in [0.3, 0.4) is 0 Å². The first-order chi connectivity index (χ1) is 7.58. The Hall–Kier alpha value is -1.55. The van der Waals surface area contributed by atoms with Gasteiger partial charge in [0.2, 0.25) is 5.91 Å². The predicted octanol–water partition coefficient (Wildman–Crippen LogP) is 1.57. The number of benzene rings is 1. The number of hydrogen-bond donors (Lipinski definition) is 0. The maximum atomic E-state index is 11.7. The molecule has 0 aliphatic heterocycles. The van der Waals surface area contributed by atoms with Gasteiger partial charge in [-0.2, -0.15) is 0 Å². The van der Waals surface area contributed by atoms with E-state index in [4.69, 9.17) is 9.57 Å². The maximum Gasteiger partial charge on any atom is 0.250 e. The van der Waals surface area contributed by atoms with Gasteiger partial charge < -0.3 is 4.74 Å². The summed E-state index contributed by atoms with van der Waals surface area (Å²) < 4.78 is 5.20. The van der Waals surface area contributed by atoms with Crippen LogP contribution in [0, 0.1) is 6.92 Å². The molecule has 0 fully saturated rings. The van der Waals surface area contributed by atoms with Crippen LogP contribution in [-0.4, -0.2) is 32.2 Å². The number of hydroxylamine groups is 2. The van der Waals surface area contributed by atoms with Gasteiger partial charge in [0.15, 0.2) is 0 Å². The number of aryl methyl sites for hydroxylation is 1. The molecule has 0 spiro atoms. The van der Waals surface area contributed by atoms with Gasteiger partial charge in [0.1, 0.15) is 5.75 Å². The highest BCUT2D eigenvalue weighted by Crippen LogP contribution is 2.20. The Bertz CT molecular complexity index is 377. The quantitative estimate of drug-likeness (QED) is 0.727. The van der Waals surface area contributed by atoms with Crippen LogP contribution >= 0.6 is 0 Å². The van der Waals surface area contributed by atoms with Gasteiger partial charge in [-0.05, 0) is 13.0 Å². The van der Waals surface area contributed by atoms with Crippen LogP contribution in [0.2, 0.25) is 0 Å². The van der Waals surface area contributed by atoms with E-state index in [-0.39, 0.29) is 12.3 Å². The lowest BCUT2D eigenvalue weighted by atomic mass is 10.1. The molecule has 1 rings (SSSR count). The van der Waals surface area contributed by atoms with Crippen LogP contribution in [-0.2, 0) is 16.1 Å². The first kappa shape index (κ1) is 12.5. The molecule has 0 radical (unpaired) electrons. The Labute approximate surface area is 95.7 Å². The first-order valence-electron chi connectivity index (χ1n) is 5.02. The Kier molecular flexibility index (Phi) is 4.31. The van der Waals surface area contributed by atoms with Crippen LogP contribution in [0.5, 0.6) is 5.75 Å². The summed E-state index contributed by atoms with van der Waals surface area (Å²) in [6.45, 7) is 1.98. The lowest BCUT2D eigenvalue weighted by Crippen LogP contribution is -2.27. The smallest absolute Gasteiger partial charge is 0.250 e. The largest absolute Gasteiger partial charge is 0.496 e. The molecule has 4 nitrogen and oxygen atoms in total. The lowest BCUT2D eigenvalue weighted by Gasteiger charge is -2.15. The molecule has 0 aliphatic carbocycles. The zero-order chi connectivity index (χ0) is 12.1. The van der Waals surface area contributed by atoms with Crippen LogP contribution in [0.4, 0.5) is 0 Å². The molecule has 0 heterocycles. The summed E-state index contributed by atoms with van der Waals surface area (Å²) in [6.07, 6.45) is 0.273. The second-order valence-electron chi connectivity index (χ2n) is 3.57. The highest BCUT2D eigenvalue weighted by molar-refractivity contribution is 5.78. The fourth-order valence-electron chi connectivity index (χ4n) is 1.42. The summed E-state index contributed by atoms with van der Waals surface area (Å²) in [5, 5.41) is 1.21. The minimum Gasteiger partial charge on any atom is -0.496 e. The number of likely N-dealkylation sites (N-methyl/N-ethyl adjacent to an activating group) is 1. The molecule has 16 heavy (non-hydrogen) atoms. The van der Waals surface area contributed by atoms with Crippen molar-refractivity contribution in [1.82, 2.24) is 5.06 Å². The van der Waals surface area contributed by atoms with Gasteiger partial charge >= 0.3 is 0 Å². The lowest BCUT2D eigenvalue weighted by molar-refractivity contribution is -0.167. The average molecular weight is 223 g/mol. The number of carbonyl (C=O) groups excluding carboxylic acids is 1. The summed E-state index contributed by atoms with van der Waals surface area (Å²) in [5.74, 6) is 0.620. The molecular formula is C12H17NO3. The fourth-order valence-corrected chi connectivity index (χ4v) is 1.42. The third kappa shape index (κ3) is 2.97. The molecule has 1 amide bonds. The van der Waals surface area contributed by atoms with E-state index < -0.39 is 0 Å². The van der Waals surface area contributed by atoms with Gasteiger partial charge in [0.05, 0.1) is 20.6 Å². The normalized spacial score (nSPS) is 10.0. The molecule has 4 heteroatoms. The molecule has 0 N–H and O–H groups in total. The SMILES string of the molecule is COc1ccc(C)cc1CC(=O)N(C)OC. The van der Waals surface area contributed by atoms with Crippen molar-refractivity contribution in [3.8, 4) is 5.75 Å². The molecule has 88 valence electrons. The third-order valence-electron chi connectivity index (χ3n) is 2.40. The van der Waals surface area contributed by atoms with E-state index in [9.17, 15) is 4.79 Å². The zero-order valence-corrected chi connectivity index (χ0v) is 10.1. The van der Waals surface area contributed by atoms with Crippen LogP contribution < -0.4 is 4.74 Å². The van der Waals surface area contributed by atoms with E-state index in [1.54, 1.807) is 14.2 Å². The van der Waals surface area contributed by atoms with E-state index in [0.29, 0.717) is 0 Å². The van der Waals surface area contributed by atoms with E-state index in [2.05, 4.69) is 0 Å². The van der Waals surface area contributed by atoms with Crippen molar-refractivity contribution in [1.29, 1.82) is 0 Å². The molecular weight excluding hydrogens is 206 g/mol. The van der Waals surface area contributed by atoms with Crippen molar-refractivity contribution in [3.63, 3.8) is 0 Å². The first-order valence-corrected chi connectivity index (χ1v) is 5.02. The molecule has 1 aromatic rings. The number of carbonyl (C=O) groups is 1. The number of rotatable bonds is 4. The minimum absolute atomic E-state index is 0.105. The maximum absolute atomic E-state index is 11.7. The Morgan fingerprint density at radius 1 is 1.38 bits per heavy atom. The van der Waals surface area contributed by atoms with Crippen molar-refractivity contribution in [3.05, 3.63) is 29.3 Å². The number of nitrogens with zero attached hydrogens (tertiary/aromatic N) is 1. The number of methoxy groups -OCH3 is 1. The molecule has 0 unspecified atom stereocenters. The molecule has 0 bridgehead atoms. The van der Waals surface area contributed by atoms with Gasteiger partial charge in [-0.25, -0.2) is 5.06 Å². The zero-order valence-electron chi connectivity index (χ0n) is 10.1. The van der Waals surface area contributed by atoms with E-state index in [1.165, 1.54) is 12.2 Å². The van der Waals surface area contributed by atoms with E-state index in [1.807, 2.05) is 25.1 Å². The van der Waals surface area contributed by atoms with Gasteiger partial charge in [0, 0.05) is 12.6 Å². The highest BCUT2D eigenvalue weighted by atomic mass is 16.7. The Morgan fingerprint density at radius 3 is 2.62 bits per heavy atom. The number of hydrogen-bond acceptors (Lipinski definition) is 3. The Morgan fingerprint density at radius 2 is 2.06 bits per heavy atom. The monoisotopic (exact) mass is 223 g/mol. The van der Waals surface area contributed by atoms with Crippen molar-refractivity contribution in [2.24, 2.45) is 0 Å². The third-order valence-corrected chi connectivity index (χ3v) is 2.40. The molecule has 0 aromatic heterocycles. The second-order valence-corrected chi connectivity index (χ2v) is 3.57. The summed E-state index contributed by atoms with van der Waals surface area (Å²) >= 11 is 0. The van der Waals surface area contributed by atoms with Gasteiger partial charge in [-0.15, -0.1) is 0 Å². The molecule has 1 aromatic carbocycles. The van der Waals surface area contributed by atoms with Crippen LogP contribution in [0.15, 0.2) is 18.2 Å². The van der Waals surface area contributed by atoms with Gasteiger partial charge in [-0.1, -0.05) is 17.7 Å². The van der Waals surface area contributed by atoms with Crippen molar-refractivity contribution in [2.75, 3.05) is 21.3 Å². The molecule has 0 aliphatic rings. The van der Waals surface area contributed by atoms with E-state index in [0.717, 1.165) is 16.9 Å². The van der Waals surface area contributed by atoms with Crippen LogP contribution in [0.25, 0.3) is 0 Å². The average Bonchev–Trinajstić information content (AvgIpc) is 2.28.